The number of hydrogen-bond acceptors (Lipinski definition) is 2. The molecule has 1 heterocycles. The zero-order valence-corrected chi connectivity index (χ0v) is 11.9. The second kappa shape index (κ2) is 7.96. The van der Waals surface area contributed by atoms with Crippen molar-refractivity contribution in [3.05, 3.63) is 12.7 Å². The van der Waals surface area contributed by atoms with Gasteiger partial charge in [0.25, 0.3) is 0 Å². The molecule has 2 heteroatoms. The highest BCUT2D eigenvalue weighted by Crippen LogP contribution is 2.29. The Balaban J connectivity index is 1.62. The van der Waals surface area contributed by atoms with E-state index in [1.807, 2.05) is 6.08 Å². The van der Waals surface area contributed by atoms with Gasteiger partial charge in [-0.3, -0.25) is 0 Å². The van der Waals surface area contributed by atoms with Crippen molar-refractivity contribution in [3.63, 3.8) is 0 Å². The highest BCUT2D eigenvalue weighted by molar-refractivity contribution is 4.86. The second-order valence-corrected chi connectivity index (χ2v) is 6.06. The molecule has 0 aromatic heterocycles. The van der Waals surface area contributed by atoms with Crippen LogP contribution in [0.2, 0.25) is 0 Å². The summed E-state index contributed by atoms with van der Waals surface area (Å²) in [6, 6.07) is 0.944. The number of unbranched alkanes of at least 4 members (excludes halogenated alkanes) is 3. The summed E-state index contributed by atoms with van der Waals surface area (Å²) in [6.45, 7) is 8.98. The summed E-state index contributed by atoms with van der Waals surface area (Å²) in [6.07, 6.45) is 13.0. The van der Waals surface area contributed by atoms with Gasteiger partial charge in [-0.2, -0.15) is 0 Å². The number of nitrogens with one attached hydrogen (secondary N) is 1. The van der Waals surface area contributed by atoms with Gasteiger partial charge >= 0.3 is 0 Å². The standard InChI is InChI=1S/C16H30N2/c1-2-3-4-5-6-13-18(16-7-8-16)14-15-9-11-17-12-10-15/h2,15-17H,1,3-14H2. The van der Waals surface area contributed by atoms with Crippen LogP contribution in [0.5, 0.6) is 0 Å². The number of rotatable bonds is 9. The summed E-state index contributed by atoms with van der Waals surface area (Å²) in [5.41, 5.74) is 0. The first-order valence-corrected chi connectivity index (χ1v) is 7.96. The summed E-state index contributed by atoms with van der Waals surface area (Å²) < 4.78 is 0. The summed E-state index contributed by atoms with van der Waals surface area (Å²) in [7, 11) is 0. The molecule has 0 radical (unpaired) electrons. The van der Waals surface area contributed by atoms with Gasteiger partial charge in [0, 0.05) is 12.6 Å². The fraction of sp³-hybridized carbons (Fsp3) is 0.875. The monoisotopic (exact) mass is 250 g/mol. The van der Waals surface area contributed by atoms with Crippen LogP contribution in [0.4, 0.5) is 0 Å². The number of hydrogen-bond donors (Lipinski definition) is 1. The zero-order chi connectivity index (χ0) is 12.6. The molecule has 0 bridgehead atoms. The van der Waals surface area contributed by atoms with Gasteiger partial charge in [0.1, 0.15) is 0 Å². The highest BCUT2D eigenvalue weighted by Gasteiger charge is 2.30. The largest absolute Gasteiger partial charge is 0.317 e. The average Bonchev–Trinajstić information content (AvgIpc) is 3.23. The summed E-state index contributed by atoms with van der Waals surface area (Å²) in [5.74, 6) is 0.958. The van der Waals surface area contributed by atoms with Crippen LogP contribution in [0, 0.1) is 5.92 Å². The predicted octanol–water partition coefficient (Wildman–Crippen LogP) is 3.20. The highest BCUT2D eigenvalue weighted by atomic mass is 15.2. The Labute approximate surface area is 113 Å². The lowest BCUT2D eigenvalue weighted by Gasteiger charge is -2.30. The molecule has 1 aliphatic heterocycles. The van der Waals surface area contributed by atoms with Crippen molar-refractivity contribution in [2.45, 2.75) is 57.4 Å². The van der Waals surface area contributed by atoms with Crippen LogP contribution < -0.4 is 5.32 Å². The topological polar surface area (TPSA) is 15.3 Å². The molecular weight excluding hydrogens is 220 g/mol. The van der Waals surface area contributed by atoms with Crippen molar-refractivity contribution in [1.29, 1.82) is 0 Å². The quantitative estimate of drug-likeness (QED) is 0.499. The number of allylic oxidation sites excluding steroid dienone is 1. The van der Waals surface area contributed by atoms with Gasteiger partial charge in [0.05, 0.1) is 0 Å². The molecule has 0 atom stereocenters. The van der Waals surface area contributed by atoms with Crippen LogP contribution in [0.1, 0.15) is 51.4 Å². The molecule has 104 valence electrons. The first kappa shape index (κ1) is 14.1. The Bertz CT molecular complexity index is 229. The minimum atomic E-state index is 0.944. The van der Waals surface area contributed by atoms with Crippen molar-refractivity contribution in [3.8, 4) is 0 Å². The third-order valence-electron chi connectivity index (χ3n) is 4.37. The molecule has 2 rings (SSSR count). The maximum absolute atomic E-state index is 3.79. The van der Waals surface area contributed by atoms with Crippen molar-refractivity contribution < 1.29 is 0 Å². The van der Waals surface area contributed by atoms with E-state index < -0.39 is 0 Å². The molecule has 18 heavy (non-hydrogen) atoms. The Morgan fingerprint density at radius 1 is 1.06 bits per heavy atom. The zero-order valence-electron chi connectivity index (χ0n) is 11.9. The van der Waals surface area contributed by atoms with Crippen LogP contribution in [-0.2, 0) is 0 Å². The van der Waals surface area contributed by atoms with E-state index in [0.717, 1.165) is 12.0 Å². The van der Waals surface area contributed by atoms with Crippen LogP contribution in [0.3, 0.4) is 0 Å². The van der Waals surface area contributed by atoms with Crippen LogP contribution in [0.15, 0.2) is 12.7 Å². The Morgan fingerprint density at radius 2 is 1.83 bits per heavy atom. The number of nitrogens with zero attached hydrogens (tertiary/aromatic N) is 1. The van der Waals surface area contributed by atoms with Gasteiger partial charge in [0.15, 0.2) is 0 Å². The molecule has 2 nitrogen and oxygen atoms in total. The van der Waals surface area contributed by atoms with Crippen molar-refractivity contribution >= 4 is 0 Å². The van der Waals surface area contributed by atoms with E-state index in [4.69, 9.17) is 0 Å². The molecule has 1 saturated carbocycles. The number of piperidine rings is 1. The van der Waals surface area contributed by atoms with Crippen LogP contribution in [-0.4, -0.2) is 37.1 Å². The molecule has 0 unspecified atom stereocenters. The molecule has 2 fully saturated rings. The lowest BCUT2D eigenvalue weighted by atomic mass is 9.97. The van der Waals surface area contributed by atoms with E-state index >= 15 is 0 Å². The van der Waals surface area contributed by atoms with E-state index in [1.165, 1.54) is 77.5 Å². The molecule has 0 spiro atoms. The Morgan fingerprint density at radius 3 is 2.50 bits per heavy atom. The SMILES string of the molecule is C=CCCCCCN(CC1CCNCC1)C1CC1. The molecule has 1 aliphatic carbocycles. The third-order valence-corrected chi connectivity index (χ3v) is 4.37. The summed E-state index contributed by atoms with van der Waals surface area (Å²) >= 11 is 0. The smallest absolute Gasteiger partial charge is 0.00965 e. The fourth-order valence-corrected chi connectivity index (χ4v) is 3.04. The summed E-state index contributed by atoms with van der Waals surface area (Å²) in [4.78, 5) is 2.80. The first-order chi connectivity index (χ1) is 8.90. The molecule has 2 aliphatic rings. The van der Waals surface area contributed by atoms with Crippen molar-refractivity contribution in [2.75, 3.05) is 26.2 Å². The second-order valence-electron chi connectivity index (χ2n) is 6.06. The van der Waals surface area contributed by atoms with Gasteiger partial charge < -0.3 is 10.2 Å². The van der Waals surface area contributed by atoms with Gasteiger partial charge in [0.2, 0.25) is 0 Å². The molecular formula is C16H30N2. The first-order valence-electron chi connectivity index (χ1n) is 7.96. The average molecular weight is 250 g/mol. The normalized spacial score (nSPS) is 21.4. The summed E-state index contributed by atoms with van der Waals surface area (Å²) in [5, 5.41) is 3.47. The Hall–Kier alpha value is -0.340. The molecule has 0 amide bonds. The van der Waals surface area contributed by atoms with Gasteiger partial charge in [-0.15, -0.1) is 6.58 Å². The predicted molar refractivity (Wildman–Crippen MR) is 78.9 cm³/mol. The lowest BCUT2D eigenvalue weighted by Crippen LogP contribution is -2.37. The third kappa shape index (κ3) is 5.11. The minimum absolute atomic E-state index is 0.944. The van der Waals surface area contributed by atoms with Crippen molar-refractivity contribution in [2.24, 2.45) is 5.92 Å². The van der Waals surface area contributed by atoms with Crippen molar-refractivity contribution in [1.82, 2.24) is 10.2 Å². The van der Waals surface area contributed by atoms with Crippen LogP contribution in [0.25, 0.3) is 0 Å². The fourth-order valence-electron chi connectivity index (χ4n) is 3.04. The molecule has 0 aromatic carbocycles. The minimum Gasteiger partial charge on any atom is -0.317 e. The van der Waals surface area contributed by atoms with E-state index in [-0.39, 0.29) is 0 Å². The maximum Gasteiger partial charge on any atom is 0.00965 e. The van der Waals surface area contributed by atoms with Gasteiger partial charge in [-0.05, 0) is 70.5 Å². The molecule has 1 saturated heterocycles. The van der Waals surface area contributed by atoms with Crippen LogP contribution >= 0.6 is 0 Å². The van der Waals surface area contributed by atoms with Gasteiger partial charge in [-0.1, -0.05) is 12.5 Å². The molecule has 1 N–H and O–H groups in total. The lowest BCUT2D eigenvalue weighted by molar-refractivity contribution is 0.194. The van der Waals surface area contributed by atoms with E-state index in [0.29, 0.717) is 0 Å². The van der Waals surface area contributed by atoms with E-state index in [1.54, 1.807) is 0 Å². The molecule has 0 aromatic rings. The van der Waals surface area contributed by atoms with E-state index in [2.05, 4.69) is 16.8 Å². The van der Waals surface area contributed by atoms with E-state index in [9.17, 15) is 0 Å². The Kier molecular flexibility index (Phi) is 6.22. The maximum atomic E-state index is 3.79. The van der Waals surface area contributed by atoms with Gasteiger partial charge in [-0.25, -0.2) is 0 Å².